The van der Waals surface area contributed by atoms with Crippen LogP contribution in [0.4, 0.5) is 4.39 Å². The average Bonchev–Trinajstić information content (AvgIpc) is 3.11. The van der Waals surface area contributed by atoms with Crippen molar-refractivity contribution in [2.24, 2.45) is 5.73 Å². The molecular formula is C15H20FNO. The van der Waals surface area contributed by atoms with Gasteiger partial charge in [0.15, 0.2) is 0 Å². The van der Waals surface area contributed by atoms with E-state index < -0.39 is 0 Å². The maximum Gasteiger partial charge on any atom is 0.127 e. The fourth-order valence-electron chi connectivity index (χ4n) is 3.59. The van der Waals surface area contributed by atoms with Crippen LogP contribution in [0.15, 0.2) is 24.3 Å². The van der Waals surface area contributed by atoms with Crippen molar-refractivity contribution in [3.8, 4) is 0 Å². The molecule has 0 atom stereocenters. The van der Waals surface area contributed by atoms with E-state index in [0.717, 1.165) is 44.1 Å². The summed E-state index contributed by atoms with van der Waals surface area (Å²) < 4.78 is 14.2. The van der Waals surface area contributed by atoms with Crippen LogP contribution in [-0.2, 0) is 5.41 Å². The smallest absolute Gasteiger partial charge is 0.127 e. The fourth-order valence-corrected chi connectivity index (χ4v) is 3.59. The summed E-state index contributed by atoms with van der Waals surface area (Å²) in [6.45, 7) is 0. The molecule has 0 saturated heterocycles. The molecule has 0 spiro atoms. The molecule has 1 aromatic rings. The van der Waals surface area contributed by atoms with Crippen LogP contribution in [0.2, 0.25) is 0 Å². The van der Waals surface area contributed by atoms with E-state index in [2.05, 4.69) is 0 Å². The summed E-state index contributed by atoms with van der Waals surface area (Å²) in [5, 5.41) is 9.71. The zero-order valence-corrected chi connectivity index (χ0v) is 10.5. The highest BCUT2D eigenvalue weighted by molar-refractivity contribution is 5.36. The second kappa shape index (κ2) is 4.04. The molecular weight excluding hydrogens is 229 g/mol. The number of hydrogen-bond acceptors (Lipinski definition) is 2. The second-order valence-electron chi connectivity index (χ2n) is 5.95. The first-order chi connectivity index (χ1) is 8.57. The Morgan fingerprint density at radius 2 is 1.72 bits per heavy atom. The molecule has 3 heteroatoms. The van der Waals surface area contributed by atoms with E-state index in [-0.39, 0.29) is 22.9 Å². The molecule has 2 nitrogen and oxygen atoms in total. The van der Waals surface area contributed by atoms with E-state index in [1.807, 2.05) is 12.1 Å². The van der Waals surface area contributed by atoms with Gasteiger partial charge in [0.2, 0.25) is 0 Å². The van der Waals surface area contributed by atoms with E-state index >= 15 is 0 Å². The first-order valence-electron chi connectivity index (χ1n) is 6.79. The van der Waals surface area contributed by atoms with Crippen LogP contribution < -0.4 is 5.73 Å². The fraction of sp³-hybridized carbons (Fsp3) is 0.600. The number of halogens is 1. The van der Waals surface area contributed by atoms with Crippen molar-refractivity contribution >= 4 is 0 Å². The quantitative estimate of drug-likeness (QED) is 0.846. The van der Waals surface area contributed by atoms with Crippen molar-refractivity contribution in [2.75, 3.05) is 0 Å². The minimum Gasteiger partial charge on any atom is -0.393 e. The number of aliphatic hydroxyl groups excluding tert-OH is 1. The molecule has 2 saturated carbocycles. The van der Waals surface area contributed by atoms with Gasteiger partial charge in [0.1, 0.15) is 5.82 Å². The Hall–Kier alpha value is -0.930. The molecule has 18 heavy (non-hydrogen) atoms. The zero-order chi connectivity index (χ0) is 12.8. The lowest BCUT2D eigenvalue weighted by Gasteiger charge is -2.44. The van der Waals surface area contributed by atoms with Crippen LogP contribution in [0.1, 0.15) is 44.1 Å². The lowest BCUT2D eigenvalue weighted by Crippen LogP contribution is -2.51. The predicted octanol–water partition coefficient (Wildman–Crippen LogP) is 2.49. The molecule has 0 aliphatic heterocycles. The minimum absolute atomic E-state index is 0.148. The van der Waals surface area contributed by atoms with Gasteiger partial charge in [-0.25, -0.2) is 4.39 Å². The summed E-state index contributed by atoms with van der Waals surface area (Å²) in [5.74, 6) is -0.148. The topological polar surface area (TPSA) is 46.2 Å². The normalized spacial score (nSPS) is 34.3. The van der Waals surface area contributed by atoms with Crippen LogP contribution in [0.5, 0.6) is 0 Å². The van der Waals surface area contributed by atoms with Gasteiger partial charge in [0.25, 0.3) is 0 Å². The van der Waals surface area contributed by atoms with Gasteiger partial charge in [-0.1, -0.05) is 18.2 Å². The van der Waals surface area contributed by atoms with Gasteiger partial charge >= 0.3 is 0 Å². The van der Waals surface area contributed by atoms with Crippen molar-refractivity contribution in [3.63, 3.8) is 0 Å². The summed E-state index contributed by atoms with van der Waals surface area (Å²) in [4.78, 5) is 0. The molecule has 0 radical (unpaired) electrons. The van der Waals surface area contributed by atoms with Crippen molar-refractivity contribution < 1.29 is 9.50 Å². The van der Waals surface area contributed by atoms with E-state index in [0.29, 0.717) is 0 Å². The van der Waals surface area contributed by atoms with Gasteiger partial charge in [-0.3, -0.25) is 0 Å². The summed E-state index contributed by atoms with van der Waals surface area (Å²) in [6.07, 6.45) is 4.75. The highest BCUT2D eigenvalue weighted by atomic mass is 19.1. The minimum atomic E-state index is -0.266. The van der Waals surface area contributed by atoms with Crippen LogP contribution in [0, 0.1) is 5.82 Å². The molecule has 3 N–H and O–H groups in total. The number of rotatable bonds is 2. The van der Waals surface area contributed by atoms with Crippen LogP contribution in [-0.4, -0.2) is 16.7 Å². The predicted molar refractivity (Wildman–Crippen MR) is 68.7 cm³/mol. The molecule has 2 aliphatic rings. The van der Waals surface area contributed by atoms with E-state index in [4.69, 9.17) is 5.73 Å². The Morgan fingerprint density at radius 3 is 2.28 bits per heavy atom. The van der Waals surface area contributed by atoms with Crippen molar-refractivity contribution in [2.45, 2.75) is 55.6 Å². The lowest BCUT2D eigenvalue weighted by atomic mass is 9.63. The highest BCUT2D eigenvalue weighted by Gasteiger charge is 2.58. The Morgan fingerprint density at radius 1 is 1.11 bits per heavy atom. The third-order valence-corrected chi connectivity index (χ3v) is 4.94. The third-order valence-electron chi connectivity index (χ3n) is 4.94. The Labute approximate surface area is 107 Å². The molecule has 1 aromatic carbocycles. The van der Waals surface area contributed by atoms with Gasteiger partial charge in [-0.05, 0) is 50.2 Å². The van der Waals surface area contributed by atoms with E-state index in [1.165, 1.54) is 6.07 Å². The number of nitrogens with two attached hydrogens (primary N) is 1. The summed E-state index contributed by atoms with van der Waals surface area (Å²) in [6, 6.07) is 7.01. The Kier molecular flexibility index (Phi) is 2.72. The molecule has 0 unspecified atom stereocenters. The summed E-state index contributed by atoms with van der Waals surface area (Å²) in [5.41, 5.74) is 6.69. The molecule has 0 aromatic heterocycles. The van der Waals surface area contributed by atoms with Crippen molar-refractivity contribution in [1.29, 1.82) is 0 Å². The molecule has 2 aliphatic carbocycles. The molecule has 0 heterocycles. The van der Waals surface area contributed by atoms with Gasteiger partial charge in [-0.2, -0.15) is 0 Å². The second-order valence-corrected chi connectivity index (χ2v) is 5.95. The maximum absolute atomic E-state index is 14.2. The first-order valence-corrected chi connectivity index (χ1v) is 6.79. The number of hydrogen-bond donors (Lipinski definition) is 2. The lowest BCUT2D eigenvalue weighted by molar-refractivity contribution is 0.0801. The average molecular weight is 249 g/mol. The standard InChI is InChI=1S/C15H20FNO/c16-13-4-2-1-3-12(13)14(15(17)9-10-15)7-5-11(18)6-8-14/h1-4,11,18H,5-10,17H2/t11-,14-. The molecule has 2 fully saturated rings. The third kappa shape index (κ3) is 1.69. The van der Waals surface area contributed by atoms with Gasteiger partial charge in [0.05, 0.1) is 6.10 Å². The highest BCUT2D eigenvalue weighted by Crippen LogP contribution is 2.56. The number of benzene rings is 1. The summed E-state index contributed by atoms with van der Waals surface area (Å²) >= 11 is 0. The summed E-state index contributed by atoms with van der Waals surface area (Å²) in [7, 11) is 0. The zero-order valence-electron chi connectivity index (χ0n) is 10.5. The Bertz CT molecular complexity index is 448. The molecule has 0 amide bonds. The molecule has 0 bridgehead atoms. The monoisotopic (exact) mass is 249 g/mol. The maximum atomic E-state index is 14.2. The van der Waals surface area contributed by atoms with Crippen molar-refractivity contribution in [1.82, 2.24) is 0 Å². The van der Waals surface area contributed by atoms with Crippen molar-refractivity contribution in [3.05, 3.63) is 35.6 Å². The molecule has 98 valence electrons. The van der Waals surface area contributed by atoms with E-state index in [1.54, 1.807) is 6.07 Å². The van der Waals surface area contributed by atoms with Gasteiger partial charge in [0, 0.05) is 11.0 Å². The largest absolute Gasteiger partial charge is 0.393 e. The van der Waals surface area contributed by atoms with Crippen LogP contribution >= 0.6 is 0 Å². The van der Waals surface area contributed by atoms with Crippen LogP contribution in [0.3, 0.4) is 0 Å². The Balaban J connectivity index is 2.04. The SMILES string of the molecule is NC1([C@]2(c3ccccc3F)CC[C@@H](O)CC2)CC1. The first kappa shape index (κ1) is 12.1. The van der Waals surface area contributed by atoms with Crippen LogP contribution in [0.25, 0.3) is 0 Å². The molecule has 3 rings (SSSR count). The van der Waals surface area contributed by atoms with Gasteiger partial charge < -0.3 is 10.8 Å². The van der Waals surface area contributed by atoms with Gasteiger partial charge in [-0.15, -0.1) is 0 Å². The number of aliphatic hydroxyl groups is 1. The van der Waals surface area contributed by atoms with E-state index in [9.17, 15) is 9.50 Å².